The Kier molecular flexibility index (Phi) is 8.76. The zero-order valence-corrected chi connectivity index (χ0v) is 18.0. The number of amides is 1. The van der Waals surface area contributed by atoms with E-state index in [1.807, 2.05) is 50.2 Å². The van der Waals surface area contributed by atoms with Crippen LogP contribution in [0.5, 0.6) is 11.5 Å². The van der Waals surface area contributed by atoms with E-state index in [1.165, 1.54) is 0 Å². The number of ether oxygens (including phenoxy) is 2. The van der Waals surface area contributed by atoms with Crippen molar-refractivity contribution in [2.24, 2.45) is 0 Å². The van der Waals surface area contributed by atoms with E-state index < -0.39 is 0 Å². The summed E-state index contributed by atoms with van der Waals surface area (Å²) < 4.78 is 11.8. The van der Waals surface area contributed by atoms with E-state index in [-0.39, 0.29) is 25.2 Å². The van der Waals surface area contributed by atoms with Crippen LogP contribution in [0, 0.1) is 6.92 Å². The van der Waals surface area contributed by atoms with Crippen LogP contribution < -0.4 is 20.1 Å². The molecule has 7 heteroatoms. The minimum atomic E-state index is -0.253. The van der Waals surface area contributed by atoms with Crippen molar-refractivity contribution in [2.75, 3.05) is 25.6 Å². The second-order valence-corrected chi connectivity index (χ2v) is 7.33. The third-order valence-electron chi connectivity index (χ3n) is 4.28. The molecule has 0 saturated heterocycles. The van der Waals surface area contributed by atoms with Gasteiger partial charge in [0.25, 0.3) is 5.91 Å². The Labute approximate surface area is 174 Å². The third kappa shape index (κ3) is 6.51. The molecule has 0 heterocycles. The third-order valence-corrected chi connectivity index (χ3v) is 4.87. The average molecular weight is 451 g/mol. The molecule has 152 valence electrons. The van der Waals surface area contributed by atoms with Crippen LogP contribution in [0.25, 0.3) is 0 Å². The molecule has 0 bridgehead atoms. The molecule has 0 aliphatic heterocycles. The Morgan fingerprint density at radius 1 is 1.25 bits per heavy atom. The average Bonchev–Trinajstić information content (AvgIpc) is 2.69. The smallest absolute Gasteiger partial charge is 0.262 e. The summed E-state index contributed by atoms with van der Waals surface area (Å²) in [6.45, 7) is 4.55. The molecule has 2 aromatic rings. The molecule has 0 radical (unpaired) electrons. The van der Waals surface area contributed by atoms with Crippen molar-refractivity contribution < 1.29 is 19.4 Å². The van der Waals surface area contributed by atoms with Crippen LogP contribution in [0.3, 0.4) is 0 Å². The minimum Gasteiger partial charge on any atom is -0.493 e. The number of aliphatic hydroxyl groups is 1. The van der Waals surface area contributed by atoms with Gasteiger partial charge in [-0.25, -0.2) is 0 Å². The summed E-state index contributed by atoms with van der Waals surface area (Å²) in [6, 6.07) is 11.4. The number of nitrogens with one attached hydrogen (secondary N) is 2. The number of carbonyl (C=O) groups is 1. The van der Waals surface area contributed by atoms with Gasteiger partial charge in [0.15, 0.2) is 18.1 Å². The Balaban J connectivity index is 2.00. The molecule has 2 rings (SSSR count). The maximum atomic E-state index is 12.2. The first-order valence-electron chi connectivity index (χ1n) is 9.16. The highest BCUT2D eigenvalue weighted by Gasteiger charge is 2.14. The van der Waals surface area contributed by atoms with Gasteiger partial charge in [0, 0.05) is 18.3 Å². The Morgan fingerprint density at radius 2 is 1.96 bits per heavy atom. The number of hydrogen-bond acceptors (Lipinski definition) is 5. The number of rotatable bonds is 10. The molecule has 3 N–H and O–H groups in total. The van der Waals surface area contributed by atoms with Crippen molar-refractivity contribution in [1.29, 1.82) is 0 Å². The van der Waals surface area contributed by atoms with Gasteiger partial charge in [0.05, 0.1) is 18.2 Å². The lowest BCUT2D eigenvalue weighted by Gasteiger charge is -2.17. The predicted octanol–water partition coefficient (Wildman–Crippen LogP) is 3.64. The molecule has 0 aliphatic carbocycles. The summed E-state index contributed by atoms with van der Waals surface area (Å²) >= 11 is 3.49. The number of carbonyl (C=O) groups excluding carboxylic acids is 1. The van der Waals surface area contributed by atoms with Crippen LogP contribution in [0.1, 0.15) is 24.5 Å². The summed E-state index contributed by atoms with van der Waals surface area (Å²) in [5.74, 6) is 0.753. The molecule has 0 aromatic heterocycles. The summed E-state index contributed by atoms with van der Waals surface area (Å²) in [5, 5.41) is 15.4. The molecule has 28 heavy (non-hydrogen) atoms. The fourth-order valence-electron chi connectivity index (χ4n) is 2.59. The standard InChI is InChI=1S/C21H27BrN2O4/c1-4-16(12-25)23-11-15-9-18(22)21(19(10-15)27-3)28-13-20(26)24-17-7-5-14(2)6-8-17/h5-10,16,23,25H,4,11-13H2,1-3H3,(H,24,26)/t16-/m0/s1. The first-order chi connectivity index (χ1) is 13.5. The SMILES string of the molecule is CC[C@@H](CO)NCc1cc(Br)c(OCC(=O)Nc2ccc(C)cc2)c(OC)c1. The van der Waals surface area contributed by atoms with Gasteiger partial charge in [-0.3, -0.25) is 4.79 Å². The van der Waals surface area contributed by atoms with Crippen molar-refractivity contribution in [3.8, 4) is 11.5 Å². The van der Waals surface area contributed by atoms with Crippen molar-refractivity contribution in [2.45, 2.75) is 32.9 Å². The van der Waals surface area contributed by atoms with E-state index in [9.17, 15) is 9.90 Å². The molecule has 0 unspecified atom stereocenters. The molecule has 0 fully saturated rings. The summed E-state index contributed by atoms with van der Waals surface area (Å²) in [5.41, 5.74) is 2.83. The van der Waals surface area contributed by atoms with Crippen molar-refractivity contribution in [3.05, 3.63) is 52.0 Å². The first kappa shape index (κ1) is 22.2. The second-order valence-electron chi connectivity index (χ2n) is 6.48. The molecule has 0 aliphatic rings. The molecule has 1 atom stereocenters. The van der Waals surface area contributed by atoms with Gasteiger partial charge in [0.1, 0.15) is 0 Å². The van der Waals surface area contributed by atoms with Crippen LogP contribution in [-0.2, 0) is 11.3 Å². The zero-order chi connectivity index (χ0) is 20.5. The molecule has 0 saturated carbocycles. The summed E-state index contributed by atoms with van der Waals surface area (Å²) in [4.78, 5) is 12.2. The maximum absolute atomic E-state index is 12.2. The Hall–Kier alpha value is -2.09. The van der Waals surface area contributed by atoms with Crippen molar-refractivity contribution in [1.82, 2.24) is 5.32 Å². The highest BCUT2D eigenvalue weighted by atomic mass is 79.9. The number of halogens is 1. The molecular formula is C21H27BrN2O4. The lowest BCUT2D eigenvalue weighted by atomic mass is 10.1. The highest BCUT2D eigenvalue weighted by Crippen LogP contribution is 2.36. The summed E-state index contributed by atoms with van der Waals surface area (Å²) in [7, 11) is 1.56. The van der Waals surface area contributed by atoms with Gasteiger partial charge in [-0.2, -0.15) is 0 Å². The first-order valence-corrected chi connectivity index (χ1v) is 9.96. The Bertz CT molecular complexity index is 777. The van der Waals surface area contributed by atoms with Gasteiger partial charge in [-0.05, 0) is 59.1 Å². The topological polar surface area (TPSA) is 79.8 Å². The van der Waals surface area contributed by atoms with Gasteiger partial charge < -0.3 is 25.2 Å². The van der Waals surface area contributed by atoms with Crippen LogP contribution >= 0.6 is 15.9 Å². The molecule has 1 amide bonds. The van der Waals surface area contributed by atoms with E-state index >= 15 is 0 Å². The second kappa shape index (κ2) is 11.0. The van der Waals surface area contributed by atoms with Crippen LogP contribution in [0.4, 0.5) is 5.69 Å². The van der Waals surface area contributed by atoms with E-state index in [0.29, 0.717) is 22.5 Å². The molecule has 0 spiro atoms. The van der Waals surface area contributed by atoms with E-state index in [1.54, 1.807) is 7.11 Å². The number of hydrogen-bond donors (Lipinski definition) is 3. The van der Waals surface area contributed by atoms with E-state index in [0.717, 1.165) is 23.2 Å². The van der Waals surface area contributed by atoms with Crippen molar-refractivity contribution >= 4 is 27.5 Å². The summed E-state index contributed by atoms with van der Waals surface area (Å²) in [6.07, 6.45) is 0.839. The molecule has 2 aromatic carbocycles. The van der Waals surface area contributed by atoms with E-state index in [2.05, 4.69) is 26.6 Å². The number of aryl methyl sites for hydroxylation is 1. The molecular weight excluding hydrogens is 424 g/mol. The largest absolute Gasteiger partial charge is 0.493 e. The van der Waals surface area contributed by atoms with Crippen LogP contribution in [0.2, 0.25) is 0 Å². The van der Waals surface area contributed by atoms with Crippen molar-refractivity contribution in [3.63, 3.8) is 0 Å². The zero-order valence-electron chi connectivity index (χ0n) is 16.4. The van der Waals surface area contributed by atoms with Gasteiger partial charge in [-0.15, -0.1) is 0 Å². The predicted molar refractivity (Wildman–Crippen MR) is 114 cm³/mol. The monoisotopic (exact) mass is 450 g/mol. The lowest BCUT2D eigenvalue weighted by Crippen LogP contribution is -2.31. The quantitative estimate of drug-likeness (QED) is 0.514. The number of anilines is 1. The van der Waals surface area contributed by atoms with Crippen LogP contribution in [-0.4, -0.2) is 37.4 Å². The lowest BCUT2D eigenvalue weighted by molar-refractivity contribution is -0.118. The van der Waals surface area contributed by atoms with Gasteiger partial charge >= 0.3 is 0 Å². The number of aliphatic hydroxyl groups excluding tert-OH is 1. The fraction of sp³-hybridized carbons (Fsp3) is 0.381. The fourth-order valence-corrected chi connectivity index (χ4v) is 3.19. The van der Waals surface area contributed by atoms with Gasteiger partial charge in [0.2, 0.25) is 0 Å². The maximum Gasteiger partial charge on any atom is 0.262 e. The number of benzene rings is 2. The normalized spacial score (nSPS) is 11.8. The minimum absolute atomic E-state index is 0.0474. The van der Waals surface area contributed by atoms with E-state index in [4.69, 9.17) is 9.47 Å². The highest BCUT2D eigenvalue weighted by molar-refractivity contribution is 9.10. The molecule has 6 nitrogen and oxygen atoms in total. The van der Waals surface area contributed by atoms with Gasteiger partial charge in [-0.1, -0.05) is 24.6 Å². The van der Waals surface area contributed by atoms with Crippen LogP contribution in [0.15, 0.2) is 40.9 Å². The number of methoxy groups -OCH3 is 1. The Morgan fingerprint density at radius 3 is 2.57 bits per heavy atom.